The summed E-state index contributed by atoms with van der Waals surface area (Å²) in [4.78, 5) is 4.47. The zero-order valence-electron chi connectivity index (χ0n) is 18.3. The van der Waals surface area contributed by atoms with E-state index in [9.17, 15) is 5.11 Å². The Balaban J connectivity index is 2.21. The number of benzene rings is 2. The van der Waals surface area contributed by atoms with Gasteiger partial charge >= 0.3 is 0 Å². The molecule has 3 rings (SSSR count). The minimum atomic E-state index is -0.174. The van der Waals surface area contributed by atoms with Crippen molar-refractivity contribution in [2.45, 2.75) is 58.4 Å². The largest absolute Gasteiger partial charge is 0.507 e. The first kappa shape index (κ1) is 20.9. The van der Waals surface area contributed by atoms with Gasteiger partial charge in [0.1, 0.15) is 11.6 Å². The summed E-state index contributed by atoms with van der Waals surface area (Å²) >= 11 is 0. The molecule has 0 saturated heterocycles. The van der Waals surface area contributed by atoms with E-state index in [4.69, 9.17) is 0 Å². The lowest BCUT2D eigenvalue weighted by atomic mass is 9.77. The Hall–Kier alpha value is -2.81. The van der Waals surface area contributed by atoms with Gasteiger partial charge in [0.05, 0.1) is 6.04 Å². The zero-order valence-corrected chi connectivity index (χ0v) is 18.3. The number of hydrogen-bond donors (Lipinski definition) is 2. The van der Waals surface area contributed by atoms with Gasteiger partial charge in [0.2, 0.25) is 0 Å². The second-order valence-electron chi connectivity index (χ2n) is 9.67. The molecule has 3 aromatic rings. The number of anilines is 1. The maximum absolute atomic E-state index is 11.1. The number of pyridine rings is 1. The molecule has 0 bridgehead atoms. The summed E-state index contributed by atoms with van der Waals surface area (Å²) < 4.78 is 0. The molecular weight excluding hydrogens is 356 g/mol. The van der Waals surface area contributed by atoms with Gasteiger partial charge in [-0.2, -0.15) is 0 Å². The van der Waals surface area contributed by atoms with E-state index in [1.54, 1.807) is 6.20 Å². The minimum Gasteiger partial charge on any atom is -0.507 e. The Morgan fingerprint density at radius 1 is 0.759 bits per heavy atom. The second-order valence-corrected chi connectivity index (χ2v) is 9.67. The molecule has 1 atom stereocenters. The van der Waals surface area contributed by atoms with Gasteiger partial charge in [-0.1, -0.05) is 77.9 Å². The van der Waals surface area contributed by atoms with Crippen molar-refractivity contribution in [1.29, 1.82) is 0 Å². The number of rotatable bonds is 4. The van der Waals surface area contributed by atoms with Crippen LogP contribution >= 0.6 is 0 Å². The van der Waals surface area contributed by atoms with E-state index in [-0.39, 0.29) is 16.9 Å². The average molecular weight is 389 g/mol. The normalized spacial score (nSPS) is 13.2. The van der Waals surface area contributed by atoms with Crippen LogP contribution in [0, 0.1) is 0 Å². The number of nitrogens with one attached hydrogen (secondary N) is 1. The van der Waals surface area contributed by atoms with Crippen LogP contribution in [0.15, 0.2) is 66.9 Å². The number of phenols is 1. The van der Waals surface area contributed by atoms with Crippen molar-refractivity contribution in [3.63, 3.8) is 0 Å². The van der Waals surface area contributed by atoms with Crippen molar-refractivity contribution in [2.75, 3.05) is 5.32 Å². The molecule has 152 valence electrons. The smallest absolute Gasteiger partial charge is 0.126 e. The summed E-state index contributed by atoms with van der Waals surface area (Å²) in [5, 5.41) is 14.7. The summed E-state index contributed by atoms with van der Waals surface area (Å²) in [6.45, 7) is 12.8. The molecule has 0 aliphatic heterocycles. The standard InChI is InChI=1S/C26H32N2O/c1-25(2,3)20-16-19(17-21(24(20)29)26(4,5)6)23(18-12-8-7-9-13-18)28-22-14-10-11-15-27-22/h7-17,23,29H,1-6H3,(H,27,28). The summed E-state index contributed by atoms with van der Waals surface area (Å²) in [6, 6.07) is 20.5. The van der Waals surface area contributed by atoms with Gasteiger partial charge in [-0.05, 0) is 57.3 Å². The van der Waals surface area contributed by atoms with E-state index in [1.165, 1.54) is 0 Å². The Kier molecular flexibility index (Phi) is 5.70. The Morgan fingerprint density at radius 3 is 1.79 bits per heavy atom. The van der Waals surface area contributed by atoms with Crippen molar-refractivity contribution in [2.24, 2.45) is 0 Å². The van der Waals surface area contributed by atoms with Gasteiger partial charge in [0.15, 0.2) is 0 Å². The monoisotopic (exact) mass is 388 g/mol. The van der Waals surface area contributed by atoms with E-state index in [2.05, 4.69) is 88.2 Å². The van der Waals surface area contributed by atoms with Gasteiger partial charge in [-0.15, -0.1) is 0 Å². The molecule has 0 aliphatic rings. The number of nitrogens with zero attached hydrogens (tertiary/aromatic N) is 1. The summed E-state index contributed by atoms with van der Waals surface area (Å²) in [7, 11) is 0. The van der Waals surface area contributed by atoms with Gasteiger partial charge in [-0.25, -0.2) is 4.98 Å². The van der Waals surface area contributed by atoms with Crippen LogP contribution < -0.4 is 5.32 Å². The van der Waals surface area contributed by atoms with Crippen molar-refractivity contribution >= 4 is 5.82 Å². The molecule has 1 heterocycles. The molecule has 1 aromatic heterocycles. The molecule has 0 fully saturated rings. The Morgan fingerprint density at radius 2 is 1.31 bits per heavy atom. The van der Waals surface area contributed by atoms with Crippen LogP contribution in [-0.4, -0.2) is 10.1 Å². The predicted octanol–water partition coefficient (Wildman–Crippen LogP) is 6.58. The molecule has 29 heavy (non-hydrogen) atoms. The lowest BCUT2D eigenvalue weighted by Crippen LogP contribution is -2.20. The second kappa shape index (κ2) is 7.90. The van der Waals surface area contributed by atoms with Crippen LogP contribution in [0.4, 0.5) is 5.82 Å². The van der Waals surface area contributed by atoms with Gasteiger partial charge in [-0.3, -0.25) is 0 Å². The van der Waals surface area contributed by atoms with Gasteiger partial charge in [0, 0.05) is 6.20 Å². The molecule has 3 nitrogen and oxygen atoms in total. The molecule has 0 radical (unpaired) electrons. The van der Waals surface area contributed by atoms with Crippen molar-refractivity contribution in [3.05, 3.63) is 89.1 Å². The molecule has 0 amide bonds. The van der Waals surface area contributed by atoms with E-state index in [0.29, 0.717) is 5.75 Å². The lowest BCUT2D eigenvalue weighted by molar-refractivity contribution is 0.422. The first-order valence-electron chi connectivity index (χ1n) is 10.2. The highest BCUT2D eigenvalue weighted by Crippen LogP contribution is 2.42. The first-order chi connectivity index (χ1) is 13.6. The Labute approximate surface area is 174 Å². The third kappa shape index (κ3) is 4.79. The third-order valence-electron chi connectivity index (χ3n) is 5.17. The molecule has 0 aliphatic carbocycles. The van der Waals surface area contributed by atoms with Crippen LogP contribution in [-0.2, 0) is 10.8 Å². The maximum Gasteiger partial charge on any atom is 0.126 e. The van der Waals surface area contributed by atoms with Crippen LogP contribution in [0.3, 0.4) is 0 Å². The quantitative estimate of drug-likeness (QED) is 0.530. The molecular formula is C26H32N2O. The molecule has 0 spiro atoms. The highest BCUT2D eigenvalue weighted by molar-refractivity contribution is 5.54. The molecule has 3 heteroatoms. The number of hydrogen-bond acceptors (Lipinski definition) is 3. The summed E-state index contributed by atoms with van der Waals surface area (Å²) in [5.74, 6) is 1.22. The molecule has 1 unspecified atom stereocenters. The minimum absolute atomic E-state index is 0.0751. The van der Waals surface area contributed by atoms with Crippen LogP contribution in [0.1, 0.15) is 69.8 Å². The van der Waals surface area contributed by atoms with Crippen molar-refractivity contribution < 1.29 is 5.11 Å². The Bertz CT molecular complexity index is 916. The number of aromatic nitrogens is 1. The lowest BCUT2D eigenvalue weighted by Gasteiger charge is -2.30. The topological polar surface area (TPSA) is 45.2 Å². The fraction of sp³-hybridized carbons (Fsp3) is 0.346. The van der Waals surface area contributed by atoms with E-state index in [0.717, 1.165) is 28.1 Å². The number of phenolic OH excluding ortho intramolecular Hbond substituents is 1. The van der Waals surface area contributed by atoms with Gasteiger partial charge < -0.3 is 10.4 Å². The SMILES string of the molecule is CC(C)(C)c1cc(C(Nc2ccccn2)c2ccccc2)cc(C(C)(C)C)c1O. The fourth-order valence-electron chi connectivity index (χ4n) is 3.57. The third-order valence-corrected chi connectivity index (χ3v) is 5.17. The van der Waals surface area contributed by atoms with Crippen LogP contribution in [0.5, 0.6) is 5.75 Å². The highest BCUT2D eigenvalue weighted by Gasteiger charge is 2.28. The molecule has 0 saturated carbocycles. The number of aromatic hydroxyl groups is 1. The van der Waals surface area contributed by atoms with Crippen LogP contribution in [0.25, 0.3) is 0 Å². The van der Waals surface area contributed by atoms with Gasteiger partial charge in [0.25, 0.3) is 0 Å². The van der Waals surface area contributed by atoms with E-state index in [1.807, 2.05) is 24.3 Å². The van der Waals surface area contributed by atoms with E-state index >= 15 is 0 Å². The fourth-order valence-corrected chi connectivity index (χ4v) is 3.57. The summed E-state index contributed by atoms with van der Waals surface area (Å²) in [5.41, 5.74) is 3.85. The van der Waals surface area contributed by atoms with Crippen molar-refractivity contribution in [3.8, 4) is 5.75 Å². The molecule has 2 aromatic carbocycles. The summed E-state index contributed by atoms with van der Waals surface area (Å²) in [6.07, 6.45) is 1.79. The van der Waals surface area contributed by atoms with E-state index < -0.39 is 0 Å². The van der Waals surface area contributed by atoms with Crippen LogP contribution in [0.2, 0.25) is 0 Å². The highest BCUT2D eigenvalue weighted by atomic mass is 16.3. The maximum atomic E-state index is 11.1. The van der Waals surface area contributed by atoms with Crippen molar-refractivity contribution in [1.82, 2.24) is 4.98 Å². The molecule has 2 N–H and O–H groups in total. The first-order valence-corrected chi connectivity index (χ1v) is 10.2. The average Bonchev–Trinajstić information content (AvgIpc) is 2.66. The predicted molar refractivity (Wildman–Crippen MR) is 122 cm³/mol. The zero-order chi connectivity index (χ0) is 21.2.